The molecule has 0 aliphatic rings. The minimum absolute atomic E-state index is 0.280. The molecule has 1 aromatic rings. The molecule has 0 saturated heterocycles. The first kappa shape index (κ1) is 7.68. The summed E-state index contributed by atoms with van der Waals surface area (Å²) in [6, 6.07) is 0. The van der Waals surface area contributed by atoms with Crippen molar-refractivity contribution in [2.45, 2.75) is 0 Å². The van der Waals surface area contributed by atoms with E-state index in [1.54, 1.807) is 6.20 Å². The Morgan fingerprint density at radius 2 is 2.33 bits per heavy atom. The first-order chi connectivity index (χ1) is 4.20. The van der Waals surface area contributed by atoms with Crippen molar-refractivity contribution in [3.8, 4) is 0 Å². The topological polar surface area (TPSA) is 25.8 Å². The number of rotatable bonds is 0. The monoisotopic (exact) mass is 318 g/mol. The number of aromatic nitrogens is 2. The van der Waals surface area contributed by atoms with Crippen LogP contribution in [0, 0.1) is 3.70 Å². The Labute approximate surface area is 79.3 Å². The van der Waals surface area contributed by atoms with E-state index in [1.807, 2.05) is 0 Å². The SMILES string of the molecule is Clc1ncc(Br)c(I)n1. The van der Waals surface area contributed by atoms with Gasteiger partial charge in [0.2, 0.25) is 5.28 Å². The van der Waals surface area contributed by atoms with Crippen LogP contribution in [0.1, 0.15) is 0 Å². The molecule has 0 aliphatic heterocycles. The lowest BCUT2D eigenvalue weighted by molar-refractivity contribution is 1.12. The lowest BCUT2D eigenvalue weighted by Gasteiger charge is -1.91. The Morgan fingerprint density at radius 1 is 1.67 bits per heavy atom. The maximum Gasteiger partial charge on any atom is 0.223 e. The second-order valence-corrected chi connectivity index (χ2v) is 3.49. The molecule has 0 aromatic carbocycles. The summed E-state index contributed by atoms with van der Waals surface area (Å²) in [4.78, 5) is 7.61. The van der Waals surface area contributed by atoms with E-state index in [0.717, 1.165) is 8.17 Å². The summed E-state index contributed by atoms with van der Waals surface area (Å²) in [5, 5.41) is 0.280. The fourth-order valence-electron chi connectivity index (χ4n) is 0.326. The molecule has 0 unspecified atom stereocenters. The highest BCUT2D eigenvalue weighted by Crippen LogP contribution is 2.16. The van der Waals surface area contributed by atoms with Gasteiger partial charge < -0.3 is 0 Å². The molecule has 0 atom stereocenters. The van der Waals surface area contributed by atoms with Gasteiger partial charge in [0.1, 0.15) is 3.70 Å². The highest BCUT2D eigenvalue weighted by molar-refractivity contribution is 14.1. The van der Waals surface area contributed by atoms with Crippen molar-refractivity contribution in [2.24, 2.45) is 0 Å². The molecular formula is C4HBrClIN2. The van der Waals surface area contributed by atoms with Gasteiger partial charge in [-0.15, -0.1) is 0 Å². The molecule has 0 aliphatic carbocycles. The van der Waals surface area contributed by atoms with Gasteiger partial charge in [0.05, 0.1) is 4.47 Å². The van der Waals surface area contributed by atoms with Crippen molar-refractivity contribution < 1.29 is 0 Å². The molecule has 0 N–H and O–H groups in total. The van der Waals surface area contributed by atoms with Gasteiger partial charge in [0, 0.05) is 6.20 Å². The van der Waals surface area contributed by atoms with Crippen molar-refractivity contribution in [1.29, 1.82) is 0 Å². The molecule has 1 rings (SSSR count). The van der Waals surface area contributed by atoms with E-state index in [4.69, 9.17) is 11.6 Å². The Kier molecular flexibility index (Phi) is 2.66. The second kappa shape index (κ2) is 3.12. The summed E-state index contributed by atoms with van der Waals surface area (Å²) in [6.07, 6.45) is 1.62. The molecule has 1 heterocycles. The quantitative estimate of drug-likeness (QED) is 0.417. The third-order valence-corrected chi connectivity index (χ3v) is 3.00. The van der Waals surface area contributed by atoms with Crippen molar-refractivity contribution in [2.75, 3.05) is 0 Å². The van der Waals surface area contributed by atoms with Gasteiger partial charge in [-0.1, -0.05) is 0 Å². The Hall–Kier alpha value is 0.580. The van der Waals surface area contributed by atoms with Crippen LogP contribution < -0.4 is 0 Å². The van der Waals surface area contributed by atoms with Crippen LogP contribution in [-0.2, 0) is 0 Å². The normalized spacial score (nSPS) is 9.67. The zero-order valence-corrected chi connectivity index (χ0v) is 8.61. The lowest BCUT2D eigenvalue weighted by atomic mass is 10.7. The molecule has 0 spiro atoms. The zero-order valence-electron chi connectivity index (χ0n) is 4.11. The molecule has 0 radical (unpaired) electrons. The van der Waals surface area contributed by atoms with E-state index in [0.29, 0.717) is 0 Å². The molecule has 2 nitrogen and oxygen atoms in total. The van der Waals surface area contributed by atoms with E-state index in [2.05, 4.69) is 48.5 Å². The molecule has 5 heteroatoms. The largest absolute Gasteiger partial charge is 0.225 e. The van der Waals surface area contributed by atoms with Crippen LogP contribution in [0.3, 0.4) is 0 Å². The standard InChI is InChI=1S/C4HBrClIN2/c5-2-1-8-4(6)9-3(2)7/h1H. The van der Waals surface area contributed by atoms with Crippen LogP contribution in [0.2, 0.25) is 5.28 Å². The van der Waals surface area contributed by atoms with Crippen LogP contribution in [0.4, 0.5) is 0 Å². The van der Waals surface area contributed by atoms with Crippen molar-refractivity contribution >= 4 is 50.1 Å². The van der Waals surface area contributed by atoms with Gasteiger partial charge in [-0.25, -0.2) is 9.97 Å². The smallest absolute Gasteiger partial charge is 0.223 e. The van der Waals surface area contributed by atoms with Crippen molar-refractivity contribution in [3.63, 3.8) is 0 Å². The van der Waals surface area contributed by atoms with Crippen molar-refractivity contribution in [3.05, 3.63) is 19.7 Å². The van der Waals surface area contributed by atoms with E-state index in [-0.39, 0.29) is 5.28 Å². The predicted molar refractivity (Wildman–Crippen MR) is 47.5 cm³/mol. The molecule has 1 aromatic heterocycles. The van der Waals surface area contributed by atoms with Gasteiger partial charge in [-0.05, 0) is 50.1 Å². The summed E-state index contributed by atoms with van der Waals surface area (Å²) < 4.78 is 1.69. The van der Waals surface area contributed by atoms with E-state index in [9.17, 15) is 0 Å². The molecule has 0 saturated carbocycles. The van der Waals surface area contributed by atoms with E-state index in [1.165, 1.54) is 0 Å². The molecule has 9 heavy (non-hydrogen) atoms. The van der Waals surface area contributed by atoms with Gasteiger partial charge in [-0.3, -0.25) is 0 Å². The third kappa shape index (κ3) is 2.01. The average Bonchev–Trinajstić information content (AvgIpc) is 1.80. The number of nitrogens with zero attached hydrogens (tertiary/aromatic N) is 2. The highest BCUT2D eigenvalue weighted by Gasteiger charge is 1.97. The Morgan fingerprint density at radius 3 is 2.78 bits per heavy atom. The fourth-order valence-corrected chi connectivity index (χ4v) is 1.16. The van der Waals surface area contributed by atoms with Gasteiger partial charge in [0.25, 0.3) is 0 Å². The third-order valence-electron chi connectivity index (χ3n) is 0.672. The first-order valence-corrected chi connectivity index (χ1v) is 4.28. The molecule has 0 bridgehead atoms. The maximum atomic E-state index is 5.47. The van der Waals surface area contributed by atoms with E-state index >= 15 is 0 Å². The second-order valence-electron chi connectivity index (χ2n) is 1.28. The molecule has 0 fully saturated rings. The van der Waals surface area contributed by atoms with Crippen LogP contribution in [-0.4, -0.2) is 9.97 Å². The summed E-state index contributed by atoms with van der Waals surface area (Å²) in [6.45, 7) is 0. The Bertz CT molecular complexity index is 230. The Balaban J connectivity index is 3.17. The van der Waals surface area contributed by atoms with Gasteiger partial charge in [0.15, 0.2) is 0 Å². The molecule has 0 amide bonds. The summed E-state index contributed by atoms with van der Waals surface area (Å²) in [5.74, 6) is 0. The minimum atomic E-state index is 0.280. The minimum Gasteiger partial charge on any atom is -0.225 e. The van der Waals surface area contributed by atoms with Crippen LogP contribution in [0.5, 0.6) is 0 Å². The van der Waals surface area contributed by atoms with Crippen LogP contribution in [0.15, 0.2) is 10.7 Å². The fraction of sp³-hybridized carbons (Fsp3) is 0. The zero-order chi connectivity index (χ0) is 6.85. The number of hydrogen-bond acceptors (Lipinski definition) is 2. The predicted octanol–water partition coefficient (Wildman–Crippen LogP) is 2.50. The number of hydrogen-bond donors (Lipinski definition) is 0. The first-order valence-electron chi connectivity index (χ1n) is 2.03. The van der Waals surface area contributed by atoms with Crippen LogP contribution >= 0.6 is 50.1 Å². The lowest BCUT2D eigenvalue weighted by Crippen LogP contribution is -1.85. The van der Waals surface area contributed by atoms with E-state index < -0.39 is 0 Å². The molecule has 48 valence electrons. The van der Waals surface area contributed by atoms with Crippen molar-refractivity contribution in [1.82, 2.24) is 9.97 Å². The summed E-state index contributed by atoms with van der Waals surface area (Å²) >= 11 is 10.8. The average molecular weight is 319 g/mol. The van der Waals surface area contributed by atoms with Gasteiger partial charge in [-0.2, -0.15) is 0 Å². The molecular weight excluding hydrogens is 318 g/mol. The summed E-state index contributed by atoms with van der Waals surface area (Å²) in [5.41, 5.74) is 0. The maximum absolute atomic E-state index is 5.47. The summed E-state index contributed by atoms with van der Waals surface area (Å²) in [7, 11) is 0. The highest BCUT2D eigenvalue weighted by atomic mass is 127. The van der Waals surface area contributed by atoms with Crippen LogP contribution in [0.25, 0.3) is 0 Å². The van der Waals surface area contributed by atoms with Gasteiger partial charge >= 0.3 is 0 Å². The number of halogens is 3.